The molecule has 0 unspecified atom stereocenters. The minimum atomic E-state index is -0.800. The smallest absolute Gasteiger partial charge is 0.348 e. The van der Waals surface area contributed by atoms with E-state index in [9.17, 15) is 29.8 Å². The second-order valence-corrected chi connectivity index (χ2v) is 11.4. The number of aromatic nitrogens is 1. The maximum absolute atomic E-state index is 13.0. The first-order chi connectivity index (χ1) is 18.8. The molecule has 198 valence electrons. The number of benzene rings is 2. The maximum Gasteiger partial charge on any atom is 0.348 e. The summed E-state index contributed by atoms with van der Waals surface area (Å²) >= 11 is 2.42. The lowest BCUT2D eigenvalue weighted by Crippen LogP contribution is -2.30. The quantitative estimate of drug-likeness (QED) is 0.0909. The van der Waals surface area contributed by atoms with E-state index in [1.807, 2.05) is 0 Å². The summed E-state index contributed by atoms with van der Waals surface area (Å²) in [6.07, 6.45) is 4.63. The van der Waals surface area contributed by atoms with Crippen LogP contribution >= 0.6 is 23.1 Å². The molecule has 10 nitrogen and oxygen atoms in total. The lowest BCUT2D eigenvalue weighted by Gasteiger charge is -2.19. The first kappa shape index (κ1) is 26.5. The van der Waals surface area contributed by atoms with Crippen LogP contribution in [0.5, 0.6) is 0 Å². The number of carbonyl (C=O) groups is 3. The zero-order valence-corrected chi connectivity index (χ0v) is 22.4. The van der Waals surface area contributed by atoms with Gasteiger partial charge in [0.15, 0.2) is 4.34 Å². The van der Waals surface area contributed by atoms with Gasteiger partial charge < -0.3 is 4.74 Å². The Labute approximate surface area is 231 Å². The summed E-state index contributed by atoms with van der Waals surface area (Å²) in [7, 11) is 0. The predicted molar refractivity (Wildman–Crippen MR) is 145 cm³/mol. The maximum atomic E-state index is 13.0. The van der Waals surface area contributed by atoms with Crippen LogP contribution in [0, 0.1) is 33.3 Å². The molecular weight excluding hydrogens is 540 g/mol. The fourth-order valence-electron chi connectivity index (χ4n) is 4.95. The van der Waals surface area contributed by atoms with Crippen molar-refractivity contribution in [1.29, 1.82) is 5.26 Å². The number of ether oxygens (including phenoxy) is 1. The Morgan fingerprint density at radius 1 is 1.23 bits per heavy atom. The Morgan fingerprint density at radius 2 is 1.95 bits per heavy atom. The summed E-state index contributed by atoms with van der Waals surface area (Å²) in [6, 6.07) is 11.4. The molecule has 2 amide bonds. The minimum absolute atomic E-state index is 0.100. The summed E-state index contributed by atoms with van der Waals surface area (Å²) in [4.78, 5) is 55.4. The Bertz CT molecular complexity index is 1570. The van der Waals surface area contributed by atoms with Crippen molar-refractivity contribution in [1.82, 2.24) is 4.98 Å². The Hall–Kier alpha value is -4.08. The molecule has 1 aliphatic heterocycles. The third kappa shape index (κ3) is 5.15. The highest BCUT2D eigenvalue weighted by Gasteiger charge is 2.48. The van der Waals surface area contributed by atoms with Crippen LogP contribution in [0.25, 0.3) is 16.3 Å². The van der Waals surface area contributed by atoms with Crippen molar-refractivity contribution < 1.29 is 24.0 Å². The Balaban J connectivity index is 1.41. The third-order valence-electron chi connectivity index (χ3n) is 6.76. The summed E-state index contributed by atoms with van der Waals surface area (Å²) in [5, 5.41) is 21.1. The number of carbonyl (C=O) groups excluding carboxylic acids is 3. The molecule has 12 heteroatoms. The van der Waals surface area contributed by atoms with Gasteiger partial charge in [-0.2, -0.15) is 5.26 Å². The van der Waals surface area contributed by atoms with Crippen LogP contribution < -0.4 is 4.90 Å². The van der Waals surface area contributed by atoms with E-state index in [0.717, 1.165) is 42.1 Å². The summed E-state index contributed by atoms with van der Waals surface area (Å²) < 4.78 is 6.14. The molecule has 5 rings (SSSR count). The number of fused-ring (bicyclic) bond motifs is 2. The average Bonchev–Trinajstić information content (AvgIpc) is 3.44. The van der Waals surface area contributed by atoms with Crippen LogP contribution in [-0.4, -0.2) is 34.3 Å². The van der Waals surface area contributed by atoms with Crippen LogP contribution in [0.4, 0.5) is 11.4 Å². The van der Waals surface area contributed by atoms with Gasteiger partial charge in [0.25, 0.3) is 5.69 Å². The van der Waals surface area contributed by atoms with Crippen LogP contribution in [0.15, 0.2) is 51.2 Å². The topological polar surface area (TPSA) is 144 Å². The van der Waals surface area contributed by atoms with Crippen LogP contribution in [0.1, 0.15) is 38.2 Å². The lowest BCUT2D eigenvalue weighted by atomic mass is 9.81. The van der Waals surface area contributed by atoms with E-state index in [2.05, 4.69) is 4.98 Å². The van der Waals surface area contributed by atoms with Gasteiger partial charge in [0, 0.05) is 6.07 Å². The van der Waals surface area contributed by atoms with Crippen LogP contribution in [-0.2, 0) is 19.1 Å². The van der Waals surface area contributed by atoms with E-state index in [4.69, 9.17) is 4.74 Å². The molecule has 1 saturated heterocycles. The molecule has 0 N–H and O–H groups in total. The number of anilines is 1. The minimum Gasteiger partial charge on any atom is -0.462 e. The lowest BCUT2D eigenvalue weighted by molar-refractivity contribution is -0.387. The van der Waals surface area contributed by atoms with Gasteiger partial charge in [0.2, 0.25) is 11.8 Å². The molecule has 0 bridgehead atoms. The highest BCUT2D eigenvalue weighted by molar-refractivity contribution is 8.01. The van der Waals surface area contributed by atoms with Crippen molar-refractivity contribution in [3.8, 4) is 6.07 Å². The average molecular weight is 563 g/mol. The molecule has 1 aromatic heterocycles. The van der Waals surface area contributed by atoms with Crippen LogP contribution in [0.3, 0.4) is 0 Å². The number of hydrogen-bond donors (Lipinski definition) is 0. The second-order valence-electron chi connectivity index (χ2n) is 9.12. The summed E-state index contributed by atoms with van der Waals surface area (Å²) in [5.41, 5.74) is 1.01. The van der Waals surface area contributed by atoms with Crippen molar-refractivity contribution in [2.45, 2.75) is 41.8 Å². The molecule has 0 spiro atoms. The van der Waals surface area contributed by atoms with Gasteiger partial charge in [-0.05, 0) is 55.7 Å². The van der Waals surface area contributed by atoms with E-state index in [1.165, 1.54) is 34.4 Å². The van der Waals surface area contributed by atoms with Crippen molar-refractivity contribution in [3.63, 3.8) is 0 Å². The normalized spacial score (nSPS) is 19.2. The highest BCUT2D eigenvalue weighted by Crippen LogP contribution is 2.43. The molecule has 2 aromatic carbocycles. The van der Waals surface area contributed by atoms with Crippen molar-refractivity contribution in [2.75, 3.05) is 11.5 Å². The van der Waals surface area contributed by atoms with Gasteiger partial charge in [0.05, 0.1) is 44.2 Å². The highest BCUT2D eigenvalue weighted by atomic mass is 32.2. The van der Waals surface area contributed by atoms with Crippen LogP contribution in [0.2, 0.25) is 0 Å². The summed E-state index contributed by atoms with van der Waals surface area (Å²) in [6.45, 7) is 1.71. The molecule has 1 saturated carbocycles. The van der Waals surface area contributed by atoms with Gasteiger partial charge >= 0.3 is 5.97 Å². The largest absolute Gasteiger partial charge is 0.462 e. The molecule has 3 aromatic rings. The van der Waals surface area contributed by atoms with Crippen molar-refractivity contribution in [3.05, 3.63) is 57.6 Å². The Morgan fingerprint density at radius 3 is 2.59 bits per heavy atom. The van der Waals surface area contributed by atoms with Gasteiger partial charge in [-0.1, -0.05) is 30.7 Å². The molecule has 1 aliphatic carbocycles. The van der Waals surface area contributed by atoms with Gasteiger partial charge in [-0.3, -0.25) is 24.6 Å². The van der Waals surface area contributed by atoms with E-state index in [1.54, 1.807) is 37.3 Å². The standard InChI is InChI=1S/C27H22N4O6S2/c1-2-37-26(34)16(14-28)11-15-7-10-22(21(12-15)31(35)36)38-27-29-20-9-8-17(13-23(20)39-27)30-24(32)18-5-3-4-6-19(18)25(30)33/h7-13,18-19H,2-6H2,1H3/b16-11+/t18-,19-/m0/s1. The van der Waals surface area contributed by atoms with Gasteiger partial charge in [0.1, 0.15) is 11.6 Å². The number of amides is 2. The number of nitrogens with zero attached hydrogens (tertiary/aromatic N) is 4. The van der Waals surface area contributed by atoms with E-state index >= 15 is 0 Å². The molecular formula is C27H22N4O6S2. The van der Waals surface area contributed by atoms with Crippen molar-refractivity contribution >= 4 is 68.5 Å². The number of nitro benzene ring substituents is 1. The number of nitriles is 1. The molecule has 2 atom stereocenters. The predicted octanol–water partition coefficient (Wildman–Crippen LogP) is 5.51. The zero-order chi connectivity index (χ0) is 27.7. The van der Waals surface area contributed by atoms with E-state index in [0.29, 0.717) is 26.0 Å². The first-order valence-corrected chi connectivity index (χ1v) is 14.0. The molecule has 2 aliphatic rings. The first-order valence-electron chi connectivity index (χ1n) is 12.3. The molecule has 2 heterocycles. The monoisotopic (exact) mass is 562 g/mol. The van der Waals surface area contributed by atoms with Crippen molar-refractivity contribution in [2.24, 2.45) is 11.8 Å². The zero-order valence-electron chi connectivity index (χ0n) is 20.8. The fraction of sp³-hybridized carbons (Fsp3) is 0.296. The third-order valence-corrected chi connectivity index (χ3v) is 8.90. The number of imide groups is 1. The van der Waals surface area contributed by atoms with E-state index in [-0.39, 0.29) is 41.5 Å². The molecule has 2 fully saturated rings. The number of thiazole rings is 1. The molecule has 39 heavy (non-hydrogen) atoms. The van der Waals surface area contributed by atoms with Gasteiger partial charge in [-0.25, -0.2) is 9.78 Å². The van der Waals surface area contributed by atoms with E-state index < -0.39 is 10.9 Å². The number of rotatable bonds is 7. The second kappa shape index (κ2) is 11.0. The van der Waals surface area contributed by atoms with Gasteiger partial charge in [-0.15, -0.1) is 11.3 Å². The summed E-state index contributed by atoms with van der Waals surface area (Å²) in [5.74, 6) is -1.57. The number of nitro groups is 1. The SMILES string of the molecule is CCOC(=O)/C(C#N)=C/c1ccc(Sc2nc3ccc(N4C(=O)[C@H]5CCCC[C@@H]5C4=O)cc3s2)c([N+](=O)[O-])c1. The Kier molecular flexibility index (Phi) is 7.45. The molecule has 0 radical (unpaired) electrons. The number of hydrogen-bond acceptors (Lipinski definition) is 10. The number of esters is 1. The fourth-order valence-corrected chi connectivity index (χ4v) is 7.09.